The van der Waals surface area contributed by atoms with Crippen LogP contribution in [0.5, 0.6) is 0 Å². The van der Waals surface area contributed by atoms with E-state index in [1.807, 2.05) is 6.92 Å². The maximum Gasteiger partial charge on any atom is 0.263 e. The lowest BCUT2D eigenvalue weighted by molar-refractivity contribution is 0.0653. The fourth-order valence-corrected chi connectivity index (χ4v) is 4.84. The minimum atomic E-state index is -0.229. The third kappa shape index (κ3) is 4.83. The maximum absolute atomic E-state index is 13.9. The Morgan fingerprint density at radius 2 is 1.73 bits per heavy atom. The molecule has 2 N–H and O–H groups in total. The molecule has 2 amide bonds. The van der Waals surface area contributed by atoms with Crippen molar-refractivity contribution in [2.45, 2.75) is 51.2 Å². The van der Waals surface area contributed by atoms with Gasteiger partial charge in [0.15, 0.2) is 0 Å². The van der Waals surface area contributed by atoms with Gasteiger partial charge in [-0.15, -0.1) is 0 Å². The first-order valence-electron chi connectivity index (χ1n) is 12.1. The van der Waals surface area contributed by atoms with Gasteiger partial charge in [-0.3, -0.25) is 14.4 Å². The van der Waals surface area contributed by atoms with E-state index in [1.165, 1.54) is 0 Å². The average molecular weight is 540 g/mol. The second-order valence-electron chi connectivity index (χ2n) is 9.93. The zero-order valence-electron chi connectivity index (χ0n) is 20.8. The Morgan fingerprint density at radius 3 is 2.35 bits per heavy atom. The van der Waals surface area contributed by atoms with Crippen molar-refractivity contribution in [1.29, 1.82) is 0 Å². The molecule has 1 aliphatic carbocycles. The van der Waals surface area contributed by atoms with E-state index >= 15 is 0 Å². The van der Waals surface area contributed by atoms with Crippen molar-refractivity contribution in [2.24, 2.45) is 0 Å². The number of hydrogen-bond acceptors (Lipinski definition) is 5. The van der Waals surface area contributed by atoms with Gasteiger partial charge in [-0.05, 0) is 75.6 Å². The molecule has 192 valence electrons. The van der Waals surface area contributed by atoms with Gasteiger partial charge < -0.3 is 15.5 Å². The number of nitrogens with zero attached hydrogens (tertiary/aromatic N) is 3. The van der Waals surface area contributed by atoms with Crippen molar-refractivity contribution in [1.82, 2.24) is 19.8 Å². The van der Waals surface area contributed by atoms with Crippen LogP contribution in [-0.2, 0) is 13.0 Å². The Balaban J connectivity index is 1.55. The van der Waals surface area contributed by atoms with Crippen LogP contribution >= 0.6 is 23.2 Å². The molecule has 5 rings (SSSR count). The molecule has 1 aromatic heterocycles. The van der Waals surface area contributed by atoms with E-state index in [0.717, 1.165) is 12.8 Å². The fourth-order valence-electron chi connectivity index (χ4n) is 4.54. The van der Waals surface area contributed by atoms with Crippen LogP contribution in [0.15, 0.2) is 47.3 Å². The van der Waals surface area contributed by atoms with Crippen molar-refractivity contribution in [3.05, 3.63) is 85.2 Å². The Bertz CT molecular complexity index is 1460. The Morgan fingerprint density at radius 1 is 1.05 bits per heavy atom. The number of amides is 2. The van der Waals surface area contributed by atoms with Gasteiger partial charge in [-0.25, -0.2) is 9.55 Å². The summed E-state index contributed by atoms with van der Waals surface area (Å²) in [6.07, 6.45) is 2.30. The van der Waals surface area contributed by atoms with Crippen LogP contribution in [0.1, 0.15) is 58.7 Å². The highest BCUT2D eigenvalue weighted by molar-refractivity contribution is 6.42. The van der Waals surface area contributed by atoms with E-state index in [9.17, 15) is 14.4 Å². The van der Waals surface area contributed by atoms with Gasteiger partial charge >= 0.3 is 0 Å². The number of carbonyl (C=O) groups is 2. The van der Waals surface area contributed by atoms with Crippen molar-refractivity contribution in [3.8, 4) is 5.69 Å². The Labute approximate surface area is 224 Å². The van der Waals surface area contributed by atoms with Crippen LogP contribution in [0.2, 0.25) is 10.0 Å². The van der Waals surface area contributed by atoms with Gasteiger partial charge in [0.1, 0.15) is 0 Å². The molecule has 1 fully saturated rings. The van der Waals surface area contributed by atoms with E-state index in [-0.39, 0.29) is 35.5 Å². The van der Waals surface area contributed by atoms with Crippen LogP contribution in [0.3, 0.4) is 0 Å². The molecule has 0 unspecified atom stereocenters. The van der Waals surface area contributed by atoms with Crippen molar-refractivity contribution in [2.75, 3.05) is 12.4 Å². The largest absolute Gasteiger partial charge is 0.355 e. The van der Waals surface area contributed by atoms with Gasteiger partial charge in [0, 0.05) is 35.3 Å². The number of anilines is 1. The summed E-state index contributed by atoms with van der Waals surface area (Å²) in [7, 11) is 1.57. The average Bonchev–Trinajstić information content (AvgIpc) is 3.61. The summed E-state index contributed by atoms with van der Waals surface area (Å²) in [5.74, 6) is 0.0240. The second-order valence-corrected chi connectivity index (χ2v) is 10.7. The number of benzene rings is 2. The lowest BCUT2D eigenvalue weighted by Crippen LogP contribution is -2.46. The highest BCUT2D eigenvalue weighted by Crippen LogP contribution is 2.38. The number of aromatic nitrogens is 2. The standard InChI is InChI=1S/C27H27Cl2N5O3/c1-15-12-19-22(14-33(15)24(36)17-6-9-20(28)21(29)13-17)31-26(32-27(2)10-11-27)34(25(19)37)18-7-4-16(5-8-18)23(35)30-3/h4-9,13,15H,10-12,14H2,1-3H3,(H,30,35)(H,31,32)/t15-/m1/s1. The summed E-state index contributed by atoms with van der Waals surface area (Å²) in [5, 5.41) is 6.73. The number of hydrogen-bond donors (Lipinski definition) is 2. The maximum atomic E-state index is 13.9. The topological polar surface area (TPSA) is 96.3 Å². The summed E-state index contributed by atoms with van der Waals surface area (Å²) in [5.41, 5.74) is 2.36. The highest BCUT2D eigenvalue weighted by atomic mass is 35.5. The third-order valence-electron chi connectivity index (χ3n) is 7.07. The van der Waals surface area contributed by atoms with E-state index in [0.29, 0.717) is 50.5 Å². The number of carbonyl (C=O) groups excluding carboxylic acids is 2. The summed E-state index contributed by atoms with van der Waals surface area (Å²) in [6.45, 7) is 4.20. The molecule has 0 saturated heterocycles. The molecule has 37 heavy (non-hydrogen) atoms. The molecule has 0 bridgehead atoms. The number of nitrogens with one attached hydrogen (secondary N) is 2. The molecular formula is C27H27Cl2N5O3. The van der Waals surface area contributed by atoms with Gasteiger partial charge in [0.2, 0.25) is 5.95 Å². The number of fused-ring (bicyclic) bond motifs is 1. The lowest BCUT2D eigenvalue weighted by atomic mass is 9.98. The number of halogens is 2. The van der Waals surface area contributed by atoms with Gasteiger partial charge in [0.05, 0.1) is 28.0 Å². The van der Waals surface area contributed by atoms with E-state index < -0.39 is 0 Å². The van der Waals surface area contributed by atoms with Crippen LogP contribution in [-0.4, -0.2) is 44.9 Å². The van der Waals surface area contributed by atoms with Crippen LogP contribution in [0.25, 0.3) is 5.69 Å². The predicted octanol–water partition coefficient (Wildman–Crippen LogP) is 4.45. The molecule has 1 aliphatic heterocycles. The van der Waals surface area contributed by atoms with Crippen LogP contribution in [0.4, 0.5) is 5.95 Å². The van der Waals surface area contributed by atoms with Crippen LogP contribution < -0.4 is 16.2 Å². The normalized spacial score (nSPS) is 17.6. The molecule has 3 aromatic rings. The third-order valence-corrected chi connectivity index (χ3v) is 7.81. The lowest BCUT2D eigenvalue weighted by Gasteiger charge is -2.35. The second kappa shape index (κ2) is 9.50. The first-order chi connectivity index (χ1) is 17.6. The quantitative estimate of drug-likeness (QED) is 0.499. The molecule has 2 aromatic carbocycles. The van der Waals surface area contributed by atoms with Gasteiger partial charge in [0.25, 0.3) is 17.4 Å². The summed E-state index contributed by atoms with van der Waals surface area (Å²) in [4.78, 5) is 45.8. The van der Waals surface area contributed by atoms with Gasteiger partial charge in [-0.1, -0.05) is 23.2 Å². The van der Waals surface area contributed by atoms with Crippen molar-refractivity contribution in [3.63, 3.8) is 0 Å². The van der Waals surface area contributed by atoms with Crippen molar-refractivity contribution < 1.29 is 9.59 Å². The predicted molar refractivity (Wildman–Crippen MR) is 144 cm³/mol. The summed E-state index contributed by atoms with van der Waals surface area (Å²) >= 11 is 12.2. The minimum absolute atomic E-state index is 0.144. The summed E-state index contributed by atoms with van der Waals surface area (Å²) in [6, 6.07) is 11.4. The zero-order valence-corrected chi connectivity index (χ0v) is 22.3. The first kappa shape index (κ1) is 25.3. The van der Waals surface area contributed by atoms with E-state index in [4.69, 9.17) is 28.2 Å². The molecule has 0 spiro atoms. The smallest absolute Gasteiger partial charge is 0.263 e. The van der Waals surface area contributed by atoms with Gasteiger partial charge in [-0.2, -0.15) is 0 Å². The molecule has 2 aliphatic rings. The molecule has 2 heterocycles. The fraction of sp³-hybridized carbons (Fsp3) is 0.333. The molecular weight excluding hydrogens is 513 g/mol. The SMILES string of the molecule is CNC(=O)c1ccc(-n2c(NC3(C)CC3)nc3c(c2=O)C[C@@H](C)N(C(=O)c2ccc(Cl)c(Cl)c2)C3)cc1. The van der Waals surface area contributed by atoms with E-state index in [2.05, 4.69) is 17.6 Å². The first-order valence-corrected chi connectivity index (χ1v) is 12.9. The molecule has 1 atom stereocenters. The summed E-state index contributed by atoms with van der Waals surface area (Å²) < 4.78 is 1.57. The molecule has 8 nitrogen and oxygen atoms in total. The van der Waals surface area contributed by atoms with Crippen molar-refractivity contribution >= 4 is 41.0 Å². The highest BCUT2D eigenvalue weighted by Gasteiger charge is 2.39. The Kier molecular flexibility index (Phi) is 6.50. The monoisotopic (exact) mass is 539 g/mol. The molecule has 0 radical (unpaired) electrons. The zero-order chi connectivity index (χ0) is 26.5. The molecule has 10 heteroatoms. The van der Waals surface area contributed by atoms with Crippen LogP contribution in [0, 0.1) is 0 Å². The minimum Gasteiger partial charge on any atom is -0.355 e. The Hall–Kier alpha value is -3.36. The molecule has 1 saturated carbocycles. The van der Waals surface area contributed by atoms with E-state index in [1.54, 1.807) is 59.0 Å². The number of rotatable bonds is 5.